The van der Waals surface area contributed by atoms with Crippen LogP contribution in [0.3, 0.4) is 0 Å². The zero-order chi connectivity index (χ0) is 21.9. The van der Waals surface area contributed by atoms with E-state index in [0.29, 0.717) is 43.6 Å². The molecule has 1 fully saturated rings. The SMILES string of the molecule is O=C(Cn1cccc1-c1nc(-c2ccccc2)no1)N1CCN(c2ccc(F)cc2)CC1. The number of nitrogens with zero attached hydrogens (tertiary/aromatic N) is 5. The Morgan fingerprint density at radius 2 is 1.69 bits per heavy atom. The molecule has 0 radical (unpaired) electrons. The van der Waals surface area contributed by atoms with Crippen LogP contribution < -0.4 is 4.90 Å². The number of hydrogen-bond donors (Lipinski definition) is 0. The average molecular weight is 431 g/mol. The van der Waals surface area contributed by atoms with Gasteiger partial charge in [0.15, 0.2) is 0 Å². The highest BCUT2D eigenvalue weighted by molar-refractivity contribution is 5.77. The quantitative estimate of drug-likeness (QED) is 0.482. The molecule has 2 aromatic heterocycles. The van der Waals surface area contributed by atoms with Crippen LogP contribution in [0, 0.1) is 5.82 Å². The largest absolute Gasteiger partial charge is 0.368 e. The van der Waals surface area contributed by atoms with Gasteiger partial charge in [-0.25, -0.2) is 4.39 Å². The van der Waals surface area contributed by atoms with Gasteiger partial charge in [0.1, 0.15) is 18.1 Å². The molecular weight excluding hydrogens is 409 g/mol. The van der Waals surface area contributed by atoms with Gasteiger partial charge in [-0.3, -0.25) is 4.79 Å². The number of aromatic nitrogens is 3. The van der Waals surface area contributed by atoms with Crippen molar-refractivity contribution in [1.82, 2.24) is 19.6 Å². The van der Waals surface area contributed by atoms with Gasteiger partial charge in [0.25, 0.3) is 5.89 Å². The molecule has 0 N–H and O–H groups in total. The van der Waals surface area contributed by atoms with Crippen molar-refractivity contribution in [2.24, 2.45) is 0 Å². The Kier molecular flexibility index (Phi) is 5.41. The van der Waals surface area contributed by atoms with Crippen molar-refractivity contribution in [3.05, 3.63) is 78.7 Å². The first-order valence-electron chi connectivity index (χ1n) is 10.5. The Labute approximate surface area is 184 Å². The Morgan fingerprint density at radius 1 is 0.938 bits per heavy atom. The van der Waals surface area contributed by atoms with Gasteiger partial charge in [-0.05, 0) is 36.4 Å². The van der Waals surface area contributed by atoms with Gasteiger partial charge in [0.2, 0.25) is 11.7 Å². The molecule has 1 amide bonds. The third-order valence-corrected chi connectivity index (χ3v) is 5.64. The molecule has 0 saturated carbocycles. The van der Waals surface area contributed by atoms with Crippen LogP contribution in [0.5, 0.6) is 0 Å². The lowest BCUT2D eigenvalue weighted by atomic mass is 10.2. The van der Waals surface area contributed by atoms with Crippen molar-refractivity contribution in [2.45, 2.75) is 6.54 Å². The van der Waals surface area contributed by atoms with Crippen LogP contribution in [0.2, 0.25) is 0 Å². The van der Waals surface area contributed by atoms with Crippen LogP contribution in [0.1, 0.15) is 0 Å². The molecule has 5 rings (SSSR count). The van der Waals surface area contributed by atoms with Crippen molar-refractivity contribution in [2.75, 3.05) is 31.1 Å². The van der Waals surface area contributed by atoms with E-state index in [1.807, 2.05) is 58.1 Å². The Balaban J connectivity index is 1.23. The van der Waals surface area contributed by atoms with Gasteiger partial charge >= 0.3 is 0 Å². The maximum Gasteiger partial charge on any atom is 0.274 e. The van der Waals surface area contributed by atoms with Crippen molar-refractivity contribution in [3.63, 3.8) is 0 Å². The number of carbonyl (C=O) groups excluding carboxylic acids is 1. The van der Waals surface area contributed by atoms with E-state index in [1.54, 1.807) is 12.1 Å². The van der Waals surface area contributed by atoms with E-state index >= 15 is 0 Å². The van der Waals surface area contributed by atoms with Crippen molar-refractivity contribution in [1.29, 1.82) is 0 Å². The van der Waals surface area contributed by atoms with Gasteiger partial charge in [-0.1, -0.05) is 35.5 Å². The fourth-order valence-electron chi connectivity index (χ4n) is 3.89. The number of benzene rings is 2. The fraction of sp³-hybridized carbons (Fsp3) is 0.208. The number of amides is 1. The normalized spacial score (nSPS) is 14.0. The zero-order valence-electron chi connectivity index (χ0n) is 17.4. The summed E-state index contributed by atoms with van der Waals surface area (Å²) in [5, 5.41) is 4.07. The third kappa shape index (κ3) is 4.12. The third-order valence-electron chi connectivity index (χ3n) is 5.64. The maximum atomic E-state index is 13.2. The molecule has 8 heteroatoms. The zero-order valence-corrected chi connectivity index (χ0v) is 17.4. The molecule has 3 heterocycles. The number of carbonyl (C=O) groups is 1. The Hall–Kier alpha value is -3.94. The standard InChI is InChI=1S/C24H22FN5O2/c25-19-8-10-20(11-9-19)28-13-15-29(16-14-28)22(31)17-30-12-4-7-21(30)24-26-23(27-32-24)18-5-2-1-3-6-18/h1-12H,13-17H2. The lowest BCUT2D eigenvalue weighted by Crippen LogP contribution is -2.49. The van der Waals surface area contributed by atoms with Crippen molar-refractivity contribution < 1.29 is 13.7 Å². The molecule has 1 aliphatic rings. The Bertz CT molecular complexity index is 1190. The molecular formula is C24H22FN5O2. The summed E-state index contributed by atoms with van der Waals surface area (Å²) in [7, 11) is 0. The Morgan fingerprint density at radius 3 is 2.44 bits per heavy atom. The highest BCUT2D eigenvalue weighted by Crippen LogP contribution is 2.23. The topological polar surface area (TPSA) is 67.4 Å². The van der Waals surface area contributed by atoms with E-state index in [-0.39, 0.29) is 18.3 Å². The van der Waals surface area contributed by atoms with E-state index < -0.39 is 0 Å². The molecule has 0 spiro atoms. The second-order valence-electron chi connectivity index (χ2n) is 7.65. The molecule has 1 saturated heterocycles. The van der Waals surface area contributed by atoms with Gasteiger partial charge in [-0.2, -0.15) is 4.98 Å². The molecule has 7 nitrogen and oxygen atoms in total. The molecule has 0 atom stereocenters. The lowest BCUT2D eigenvalue weighted by molar-refractivity contribution is -0.132. The van der Waals surface area contributed by atoms with Crippen LogP contribution in [-0.2, 0) is 11.3 Å². The number of rotatable bonds is 5. The van der Waals surface area contributed by atoms with Crippen molar-refractivity contribution >= 4 is 11.6 Å². The highest BCUT2D eigenvalue weighted by Gasteiger charge is 2.23. The average Bonchev–Trinajstić information content (AvgIpc) is 3.50. The van der Waals surface area contributed by atoms with Crippen LogP contribution in [-0.4, -0.2) is 51.7 Å². The van der Waals surface area contributed by atoms with Crippen LogP contribution in [0.15, 0.2) is 77.4 Å². The summed E-state index contributed by atoms with van der Waals surface area (Å²) >= 11 is 0. The molecule has 0 aliphatic carbocycles. The summed E-state index contributed by atoms with van der Waals surface area (Å²) in [6, 6.07) is 19.8. The van der Waals surface area contributed by atoms with Gasteiger partial charge in [0, 0.05) is 43.6 Å². The summed E-state index contributed by atoms with van der Waals surface area (Å²) in [4.78, 5) is 21.4. The van der Waals surface area contributed by atoms with Gasteiger partial charge in [0.05, 0.1) is 0 Å². The molecule has 1 aliphatic heterocycles. The van der Waals surface area contributed by atoms with Crippen LogP contribution >= 0.6 is 0 Å². The van der Waals surface area contributed by atoms with E-state index in [4.69, 9.17) is 4.52 Å². The number of anilines is 1. The lowest BCUT2D eigenvalue weighted by Gasteiger charge is -2.36. The first-order chi connectivity index (χ1) is 15.7. The summed E-state index contributed by atoms with van der Waals surface area (Å²) in [5.74, 6) is 0.672. The van der Waals surface area contributed by atoms with Crippen LogP contribution in [0.25, 0.3) is 23.0 Å². The number of hydrogen-bond acceptors (Lipinski definition) is 5. The molecule has 162 valence electrons. The molecule has 0 bridgehead atoms. The summed E-state index contributed by atoms with van der Waals surface area (Å²) in [6.45, 7) is 2.85. The molecule has 32 heavy (non-hydrogen) atoms. The van der Waals surface area contributed by atoms with E-state index in [1.165, 1.54) is 12.1 Å². The smallest absolute Gasteiger partial charge is 0.274 e. The minimum atomic E-state index is -0.248. The monoisotopic (exact) mass is 431 g/mol. The minimum absolute atomic E-state index is 0.0315. The predicted molar refractivity (Wildman–Crippen MR) is 118 cm³/mol. The van der Waals surface area contributed by atoms with E-state index in [0.717, 1.165) is 11.3 Å². The number of piperazine rings is 1. The predicted octanol–water partition coefficient (Wildman–Crippen LogP) is 3.69. The highest BCUT2D eigenvalue weighted by atomic mass is 19.1. The molecule has 2 aromatic carbocycles. The first-order valence-corrected chi connectivity index (χ1v) is 10.5. The van der Waals surface area contributed by atoms with Gasteiger partial charge < -0.3 is 18.9 Å². The number of halogens is 1. The second-order valence-corrected chi connectivity index (χ2v) is 7.65. The minimum Gasteiger partial charge on any atom is -0.368 e. The maximum absolute atomic E-state index is 13.2. The van der Waals surface area contributed by atoms with Crippen LogP contribution in [0.4, 0.5) is 10.1 Å². The van der Waals surface area contributed by atoms with Crippen molar-refractivity contribution in [3.8, 4) is 23.0 Å². The van der Waals surface area contributed by atoms with Gasteiger partial charge in [-0.15, -0.1) is 0 Å². The first kappa shape index (κ1) is 20.0. The molecule has 0 unspecified atom stereocenters. The summed E-state index contributed by atoms with van der Waals surface area (Å²) < 4.78 is 20.4. The fourth-order valence-corrected chi connectivity index (χ4v) is 3.89. The summed E-state index contributed by atoms with van der Waals surface area (Å²) in [6.07, 6.45) is 1.84. The summed E-state index contributed by atoms with van der Waals surface area (Å²) in [5.41, 5.74) is 2.55. The second kappa shape index (κ2) is 8.66. The van der Waals surface area contributed by atoms with E-state index in [2.05, 4.69) is 15.0 Å². The molecule has 4 aromatic rings. The van der Waals surface area contributed by atoms with E-state index in [9.17, 15) is 9.18 Å².